The minimum Gasteiger partial charge on any atom is -0.476 e. The number of rotatable bonds is 4. The Balaban J connectivity index is 1.83. The maximum absolute atomic E-state index is 11.0. The van der Waals surface area contributed by atoms with Gasteiger partial charge in [-0.05, 0) is 34.2 Å². The number of oxazole rings is 1. The average molecular weight is 285 g/mol. The average Bonchev–Trinajstić information content (AvgIpc) is 2.88. The van der Waals surface area contributed by atoms with Gasteiger partial charge in [0.2, 0.25) is 11.6 Å². The van der Waals surface area contributed by atoms with Crippen LogP contribution in [0.25, 0.3) is 11.1 Å². The van der Waals surface area contributed by atoms with Crippen LogP contribution in [0.3, 0.4) is 0 Å². The highest BCUT2D eigenvalue weighted by atomic mass is 16.6. The first-order valence-electron chi connectivity index (χ1n) is 6.23. The van der Waals surface area contributed by atoms with Crippen molar-refractivity contribution in [3.8, 4) is 5.75 Å². The molecule has 0 aliphatic carbocycles. The van der Waals surface area contributed by atoms with Crippen LogP contribution in [0.4, 0.5) is 5.82 Å². The van der Waals surface area contributed by atoms with Crippen molar-refractivity contribution >= 4 is 16.9 Å². The van der Waals surface area contributed by atoms with Crippen LogP contribution in [0.1, 0.15) is 11.6 Å². The maximum atomic E-state index is 11.0. The molecule has 0 unspecified atom stereocenters. The Hall–Kier alpha value is -2.96. The van der Waals surface area contributed by atoms with Gasteiger partial charge in [0.25, 0.3) is 0 Å². The molecule has 7 heteroatoms. The molecule has 0 atom stereocenters. The summed E-state index contributed by atoms with van der Waals surface area (Å²) in [4.78, 5) is 18.5. The van der Waals surface area contributed by atoms with E-state index in [1.54, 1.807) is 19.1 Å². The SMILES string of the molecule is Cc1ccc(OCc2nc3ccccc3o2)c([N+](=O)[O-])n1. The van der Waals surface area contributed by atoms with Crippen LogP contribution in [0.15, 0.2) is 40.8 Å². The van der Waals surface area contributed by atoms with Crippen LogP contribution < -0.4 is 4.74 Å². The normalized spacial score (nSPS) is 10.7. The summed E-state index contributed by atoms with van der Waals surface area (Å²) in [6, 6.07) is 10.5. The minimum absolute atomic E-state index is 0.000259. The third-order valence-corrected chi connectivity index (χ3v) is 2.84. The summed E-state index contributed by atoms with van der Waals surface area (Å²) in [5.74, 6) is 0.130. The largest absolute Gasteiger partial charge is 0.476 e. The standard InChI is InChI=1S/C14H11N3O4/c1-9-6-7-12(14(15-9)17(18)19)20-8-13-16-10-4-2-3-5-11(10)21-13/h2-7H,8H2,1H3. The van der Waals surface area contributed by atoms with Gasteiger partial charge in [-0.3, -0.25) is 0 Å². The van der Waals surface area contributed by atoms with E-state index < -0.39 is 4.92 Å². The second-order valence-corrected chi connectivity index (χ2v) is 4.40. The van der Waals surface area contributed by atoms with Crippen molar-refractivity contribution in [3.63, 3.8) is 0 Å². The molecule has 3 rings (SSSR count). The molecule has 0 fully saturated rings. The van der Waals surface area contributed by atoms with Crippen molar-refractivity contribution in [3.05, 3.63) is 58.1 Å². The number of benzene rings is 1. The zero-order valence-electron chi connectivity index (χ0n) is 11.1. The lowest BCUT2D eigenvalue weighted by Crippen LogP contribution is -2.01. The molecule has 2 aromatic heterocycles. The summed E-state index contributed by atoms with van der Waals surface area (Å²) < 4.78 is 10.9. The van der Waals surface area contributed by atoms with E-state index in [0.29, 0.717) is 22.7 Å². The van der Waals surface area contributed by atoms with Crippen LogP contribution >= 0.6 is 0 Å². The second kappa shape index (κ2) is 5.20. The number of ether oxygens (including phenoxy) is 1. The smallest absolute Gasteiger partial charge is 0.406 e. The summed E-state index contributed by atoms with van der Waals surface area (Å²) in [7, 11) is 0. The number of hydrogen-bond acceptors (Lipinski definition) is 6. The fourth-order valence-electron chi connectivity index (χ4n) is 1.89. The molecule has 0 radical (unpaired) electrons. The number of nitro groups is 1. The molecule has 2 heterocycles. The van der Waals surface area contributed by atoms with Gasteiger partial charge in [-0.1, -0.05) is 12.1 Å². The predicted molar refractivity (Wildman–Crippen MR) is 74.0 cm³/mol. The van der Waals surface area contributed by atoms with E-state index in [9.17, 15) is 10.1 Å². The fraction of sp³-hybridized carbons (Fsp3) is 0.143. The molecule has 21 heavy (non-hydrogen) atoms. The van der Waals surface area contributed by atoms with Crippen molar-refractivity contribution in [1.29, 1.82) is 0 Å². The van der Waals surface area contributed by atoms with Gasteiger partial charge in [0.05, 0.1) is 0 Å². The van der Waals surface area contributed by atoms with E-state index in [2.05, 4.69) is 9.97 Å². The molecule has 0 saturated carbocycles. The Morgan fingerprint density at radius 2 is 2.05 bits per heavy atom. The van der Waals surface area contributed by atoms with E-state index in [4.69, 9.17) is 9.15 Å². The molecular weight excluding hydrogens is 274 g/mol. The summed E-state index contributed by atoms with van der Waals surface area (Å²) in [5, 5.41) is 11.0. The Morgan fingerprint density at radius 1 is 1.24 bits per heavy atom. The topological polar surface area (TPSA) is 91.3 Å². The van der Waals surface area contributed by atoms with Gasteiger partial charge in [-0.2, -0.15) is 0 Å². The first-order chi connectivity index (χ1) is 10.1. The molecule has 0 aliphatic rings. The molecule has 0 spiro atoms. The van der Waals surface area contributed by atoms with Gasteiger partial charge in [0.1, 0.15) is 11.2 Å². The lowest BCUT2D eigenvalue weighted by Gasteiger charge is -2.03. The molecule has 106 valence electrons. The lowest BCUT2D eigenvalue weighted by atomic mass is 10.3. The Labute approximate surface area is 119 Å². The second-order valence-electron chi connectivity index (χ2n) is 4.40. The monoisotopic (exact) mass is 285 g/mol. The molecule has 0 N–H and O–H groups in total. The molecule has 3 aromatic rings. The number of aryl methyl sites for hydroxylation is 1. The van der Waals surface area contributed by atoms with Crippen molar-refractivity contribution in [1.82, 2.24) is 9.97 Å². The number of para-hydroxylation sites is 2. The van der Waals surface area contributed by atoms with Crippen molar-refractivity contribution in [2.45, 2.75) is 13.5 Å². The Morgan fingerprint density at radius 3 is 2.81 bits per heavy atom. The third-order valence-electron chi connectivity index (χ3n) is 2.84. The Kier molecular flexibility index (Phi) is 3.23. The van der Waals surface area contributed by atoms with E-state index in [-0.39, 0.29) is 18.2 Å². The number of hydrogen-bond donors (Lipinski definition) is 0. The molecule has 7 nitrogen and oxygen atoms in total. The van der Waals surface area contributed by atoms with Crippen LogP contribution in [0.2, 0.25) is 0 Å². The molecular formula is C14H11N3O4. The van der Waals surface area contributed by atoms with Gasteiger partial charge in [-0.25, -0.2) is 4.98 Å². The summed E-state index contributed by atoms with van der Waals surface area (Å²) >= 11 is 0. The highest BCUT2D eigenvalue weighted by Crippen LogP contribution is 2.25. The zero-order chi connectivity index (χ0) is 14.8. The fourth-order valence-corrected chi connectivity index (χ4v) is 1.89. The predicted octanol–water partition coefficient (Wildman–Crippen LogP) is 3.02. The van der Waals surface area contributed by atoms with E-state index >= 15 is 0 Å². The number of fused-ring (bicyclic) bond motifs is 1. The van der Waals surface area contributed by atoms with Gasteiger partial charge in [0, 0.05) is 6.92 Å². The first-order valence-corrected chi connectivity index (χ1v) is 6.23. The van der Waals surface area contributed by atoms with Crippen molar-refractivity contribution in [2.24, 2.45) is 0 Å². The Bertz CT molecular complexity index is 780. The van der Waals surface area contributed by atoms with Gasteiger partial charge in [0.15, 0.2) is 12.2 Å². The molecule has 0 aliphatic heterocycles. The third kappa shape index (κ3) is 2.66. The number of nitrogens with zero attached hydrogens (tertiary/aromatic N) is 3. The van der Waals surface area contributed by atoms with E-state index in [0.717, 1.165) is 0 Å². The summed E-state index contributed by atoms with van der Waals surface area (Å²) in [6.45, 7) is 1.68. The lowest BCUT2D eigenvalue weighted by molar-refractivity contribution is -0.390. The minimum atomic E-state index is -0.575. The van der Waals surface area contributed by atoms with Crippen LogP contribution in [0, 0.1) is 17.0 Å². The first kappa shape index (κ1) is 13.0. The van der Waals surface area contributed by atoms with Gasteiger partial charge in [-0.15, -0.1) is 0 Å². The van der Waals surface area contributed by atoms with Gasteiger partial charge < -0.3 is 19.3 Å². The van der Waals surface area contributed by atoms with Crippen LogP contribution in [-0.2, 0) is 6.61 Å². The van der Waals surface area contributed by atoms with Crippen LogP contribution in [-0.4, -0.2) is 14.9 Å². The van der Waals surface area contributed by atoms with E-state index in [1.807, 2.05) is 18.2 Å². The summed E-state index contributed by atoms with van der Waals surface area (Å²) in [5.41, 5.74) is 1.91. The van der Waals surface area contributed by atoms with Gasteiger partial charge >= 0.3 is 5.82 Å². The zero-order valence-corrected chi connectivity index (χ0v) is 11.1. The van der Waals surface area contributed by atoms with E-state index in [1.165, 1.54) is 6.07 Å². The number of pyridine rings is 1. The molecule has 0 amide bonds. The number of aromatic nitrogens is 2. The highest BCUT2D eigenvalue weighted by Gasteiger charge is 2.18. The molecule has 0 bridgehead atoms. The molecule has 0 saturated heterocycles. The van der Waals surface area contributed by atoms with Crippen molar-refractivity contribution in [2.75, 3.05) is 0 Å². The molecule has 1 aromatic carbocycles. The maximum Gasteiger partial charge on any atom is 0.406 e. The quantitative estimate of drug-likeness (QED) is 0.540. The highest BCUT2D eigenvalue weighted by molar-refractivity contribution is 5.72. The van der Waals surface area contributed by atoms with Crippen LogP contribution in [0.5, 0.6) is 5.75 Å². The van der Waals surface area contributed by atoms with Crippen molar-refractivity contribution < 1.29 is 14.1 Å². The summed E-state index contributed by atoms with van der Waals surface area (Å²) in [6.07, 6.45) is 0.